The van der Waals surface area contributed by atoms with Gasteiger partial charge in [-0.3, -0.25) is 4.79 Å². The third-order valence-electron chi connectivity index (χ3n) is 6.85. The first-order chi connectivity index (χ1) is 11.8. The summed E-state index contributed by atoms with van der Waals surface area (Å²) in [6.07, 6.45) is 10.4. The molecule has 0 radical (unpaired) electrons. The summed E-state index contributed by atoms with van der Waals surface area (Å²) in [6, 6.07) is 8.80. The molecule has 4 aliphatic carbocycles. The minimum Gasteiger partial charge on any atom is -0.361 e. The number of carbonyl (C=O) groups excluding carboxylic acids is 1. The van der Waals surface area contributed by atoms with E-state index in [0.717, 1.165) is 35.6 Å². The van der Waals surface area contributed by atoms with E-state index in [0.29, 0.717) is 12.5 Å². The minimum absolute atomic E-state index is 0.248. The first-order valence-corrected chi connectivity index (χ1v) is 9.60. The second-order valence-electron chi connectivity index (χ2n) is 8.38. The highest BCUT2D eigenvalue weighted by atomic mass is 16.1. The zero-order chi connectivity index (χ0) is 16.1. The van der Waals surface area contributed by atoms with Crippen LogP contribution in [0.4, 0.5) is 0 Å². The average Bonchev–Trinajstić information content (AvgIpc) is 2.99. The number of hydrogen-bond donors (Lipinski definition) is 2. The lowest BCUT2D eigenvalue weighted by Crippen LogP contribution is -2.55. The van der Waals surface area contributed by atoms with Crippen LogP contribution >= 0.6 is 0 Å². The maximum atomic E-state index is 12.5. The molecule has 4 saturated carbocycles. The molecule has 126 valence electrons. The Morgan fingerprint density at radius 1 is 1.04 bits per heavy atom. The molecule has 1 aromatic heterocycles. The van der Waals surface area contributed by atoms with Crippen LogP contribution in [0.1, 0.15) is 44.1 Å². The van der Waals surface area contributed by atoms with Gasteiger partial charge in [0.1, 0.15) is 0 Å². The number of aromatic amines is 1. The molecule has 2 N–H and O–H groups in total. The number of para-hydroxylation sites is 1. The van der Waals surface area contributed by atoms with Crippen LogP contribution < -0.4 is 5.32 Å². The lowest BCUT2D eigenvalue weighted by Gasteiger charge is -2.54. The van der Waals surface area contributed by atoms with E-state index in [1.165, 1.54) is 43.1 Å². The Balaban J connectivity index is 1.22. The number of rotatable bonds is 4. The number of hydrogen-bond acceptors (Lipinski definition) is 1. The van der Waals surface area contributed by atoms with Crippen LogP contribution in [0.2, 0.25) is 0 Å². The second kappa shape index (κ2) is 5.65. The van der Waals surface area contributed by atoms with Crippen molar-refractivity contribution in [3.8, 4) is 0 Å². The van der Waals surface area contributed by atoms with Crippen molar-refractivity contribution in [2.24, 2.45) is 23.7 Å². The van der Waals surface area contributed by atoms with Crippen molar-refractivity contribution in [2.45, 2.75) is 51.0 Å². The topological polar surface area (TPSA) is 44.9 Å². The van der Waals surface area contributed by atoms with Crippen molar-refractivity contribution >= 4 is 16.8 Å². The summed E-state index contributed by atoms with van der Waals surface area (Å²) >= 11 is 0. The Hall–Kier alpha value is -1.77. The fraction of sp³-hybridized carbons (Fsp3) is 0.571. The van der Waals surface area contributed by atoms with Gasteiger partial charge in [0.05, 0.1) is 0 Å². The van der Waals surface area contributed by atoms with Gasteiger partial charge in [-0.05, 0) is 73.8 Å². The molecule has 6 rings (SSSR count). The van der Waals surface area contributed by atoms with Gasteiger partial charge in [-0.2, -0.15) is 0 Å². The van der Waals surface area contributed by atoms with Crippen LogP contribution in [0.5, 0.6) is 0 Å². The van der Waals surface area contributed by atoms with Gasteiger partial charge >= 0.3 is 0 Å². The summed E-state index contributed by atoms with van der Waals surface area (Å²) in [5.41, 5.74) is 2.42. The Bertz CT molecular complexity index is 734. The van der Waals surface area contributed by atoms with Gasteiger partial charge in [-0.1, -0.05) is 18.2 Å². The Morgan fingerprint density at radius 3 is 2.50 bits per heavy atom. The van der Waals surface area contributed by atoms with E-state index in [4.69, 9.17) is 0 Å². The predicted octanol–water partition coefficient (Wildman–Crippen LogP) is 4.04. The molecule has 1 aromatic carbocycles. The zero-order valence-corrected chi connectivity index (χ0v) is 14.1. The maximum absolute atomic E-state index is 12.5. The third kappa shape index (κ3) is 2.45. The van der Waals surface area contributed by atoms with E-state index in [-0.39, 0.29) is 5.91 Å². The summed E-state index contributed by atoms with van der Waals surface area (Å²) in [4.78, 5) is 15.8. The fourth-order valence-corrected chi connectivity index (χ4v) is 6.01. The van der Waals surface area contributed by atoms with Gasteiger partial charge in [-0.25, -0.2) is 0 Å². The van der Waals surface area contributed by atoms with Crippen LogP contribution in [0.15, 0.2) is 30.5 Å². The first kappa shape index (κ1) is 14.6. The highest BCUT2D eigenvalue weighted by Gasteiger charge is 2.48. The molecule has 3 heteroatoms. The summed E-state index contributed by atoms with van der Waals surface area (Å²) in [5, 5.41) is 4.67. The van der Waals surface area contributed by atoms with E-state index in [9.17, 15) is 4.79 Å². The van der Waals surface area contributed by atoms with Crippen LogP contribution in [0, 0.1) is 23.7 Å². The van der Waals surface area contributed by atoms with E-state index in [1.807, 2.05) is 6.07 Å². The second-order valence-corrected chi connectivity index (χ2v) is 8.38. The SMILES string of the molecule is O=C(CCc1c[nH]c2ccccc12)NC1C2CC3CC(C2)CC1C3. The Labute approximate surface area is 143 Å². The van der Waals surface area contributed by atoms with Crippen LogP contribution in [0.25, 0.3) is 10.9 Å². The molecule has 0 spiro atoms. The molecule has 0 unspecified atom stereocenters. The molecular formula is C21H26N2O. The normalized spacial score (nSPS) is 33.9. The third-order valence-corrected chi connectivity index (χ3v) is 6.85. The summed E-state index contributed by atoms with van der Waals surface area (Å²) < 4.78 is 0. The van der Waals surface area contributed by atoms with Crippen molar-refractivity contribution in [3.63, 3.8) is 0 Å². The molecular weight excluding hydrogens is 296 g/mol. The molecule has 4 fully saturated rings. The molecule has 1 amide bonds. The molecule has 3 nitrogen and oxygen atoms in total. The molecule has 0 saturated heterocycles. The minimum atomic E-state index is 0.248. The number of amides is 1. The Morgan fingerprint density at radius 2 is 1.75 bits per heavy atom. The van der Waals surface area contributed by atoms with E-state index >= 15 is 0 Å². The number of nitrogens with one attached hydrogen (secondary N) is 2. The highest BCUT2D eigenvalue weighted by Crippen LogP contribution is 2.53. The molecule has 24 heavy (non-hydrogen) atoms. The van der Waals surface area contributed by atoms with Crippen LogP contribution in [0.3, 0.4) is 0 Å². The Kier molecular flexibility index (Phi) is 3.43. The van der Waals surface area contributed by atoms with E-state index in [1.54, 1.807) is 0 Å². The van der Waals surface area contributed by atoms with Gasteiger partial charge in [0.2, 0.25) is 5.91 Å². The quantitative estimate of drug-likeness (QED) is 0.876. The lowest BCUT2D eigenvalue weighted by atomic mass is 9.54. The van der Waals surface area contributed by atoms with Crippen molar-refractivity contribution in [1.29, 1.82) is 0 Å². The summed E-state index contributed by atoms with van der Waals surface area (Å²) in [5.74, 6) is 3.70. The van der Waals surface area contributed by atoms with Crippen molar-refractivity contribution < 1.29 is 4.79 Å². The number of aryl methyl sites for hydroxylation is 1. The van der Waals surface area contributed by atoms with Crippen molar-refractivity contribution in [3.05, 3.63) is 36.0 Å². The van der Waals surface area contributed by atoms with Gasteiger partial charge in [0, 0.05) is 29.6 Å². The molecule has 2 aromatic rings. The van der Waals surface area contributed by atoms with E-state index in [2.05, 4.69) is 34.7 Å². The lowest BCUT2D eigenvalue weighted by molar-refractivity contribution is -0.125. The summed E-state index contributed by atoms with van der Waals surface area (Å²) in [7, 11) is 0. The van der Waals surface area contributed by atoms with Crippen molar-refractivity contribution in [1.82, 2.24) is 10.3 Å². The molecule has 0 aliphatic heterocycles. The molecule has 4 aliphatic rings. The number of H-pyrrole nitrogens is 1. The zero-order valence-electron chi connectivity index (χ0n) is 14.1. The van der Waals surface area contributed by atoms with Gasteiger partial charge in [0.25, 0.3) is 0 Å². The highest BCUT2D eigenvalue weighted by molar-refractivity contribution is 5.84. The monoisotopic (exact) mass is 322 g/mol. The smallest absolute Gasteiger partial charge is 0.220 e. The van der Waals surface area contributed by atoms with Gasteiger partial charge in [-0.15, -0.1) is 0 Å². The number of carbonyl (C=O) groups is 1. The largest absolute Gasteiger partial charge is 0.361 e. The fourth-order valence-electron chi connectivity index (χ4n) is 6.01. The molecule has 0 atom stereocenters. The average molecular weight is 322 g/mol. The standard InChI is InChI=1S/C21H26N2O/c24-20(6-5-15-12-22-19-4-2-1-3-18(15)19)23-21-16-8-13-7-14(10-16)11-17(21)9-13/h1-4,12-14,16-17,21-22H,5-11H2,(H,23,24). The maximum Gasteiger partial charge on any atom is 0.220 e. The van der Waals surface area contributed by atoms with Crippen molar-refractivity contribution in [2.75, 3.05) is 0 Å². The van der Waals surface area contributed by atoms with Crippen LogP contribution in [-0.4, -0.2) is 16.9 Å². The number of benzene rings is 1. The van der Waals surface area contributed by atoms with Gasteiger partial charge in [0.15, 0.2) is 0 Å². The number of fused-ring (bicyclic) bond motifs is 1. The predicted molar refractivity (Wildman–Crippen MR) is 95.6 cm³/mol. The first-order valence-electron chi connectivity index (χ1n) is 9.60. The van der Waals surface area contributed by atoms with Crippen LogP contribution in [-0.2, 0) is 11.2 Å². The number of aromatic nitrogens is 1. The molecule has 1 heterocycles. The van der Waals surface area contributed by atoms with Gasteiger partial charge < -0.3 is 10.3 Å². The summed E-state index contributed by atoms with van der Waals surface area (Å²) in [6.45, 7) is 0. The van der Waals surface area contributed by atoms with E-state index < -0.39 is 0 Å². The molecule has 4 bridgehead atoms.